The van der Waals surface area contributed by atoms with Crippen molar-refractivity contribution in [1.82, 2.24) is 10.2 Å². The molecule has 1 amide bonds. The first-order valence-corrected chi connectivity index (χ1v) is 10.3. The van der Waals surface area contributed by atoms with Crippen molar-refractivity contribution in [3.05, 3.63) is 65.2 Å². The highest BCUT2D eigenvalue weighted by Gasteiger charge is 2.17. The Morgan fingerprint density at radius 2 is 1.83 bits per heavy atom. The monoisotopic (exact) mass is 394 g/mol. The summed E-state index contributed by atoms with van der Waals surface area (Å²) in [6.07, 6.45) is 2.57. The van der Waals surface area contributed by atoms with Crippen molar-refractivity contribution in [3.8, 4) is 5.75 Å². The van der Waals surface area contributed by atoms with Crippen molar-refractivity contribution in [3.63, 3.8) is 0 Å². The standard InChI is InChI=1S/C24H30N2O3/c1-18-6-5-13-26(15-18)16-22-8-4-3-7-21(22)14-25-24(28)17-29-23-11-9-20(10-12-23)19(2)27/h3-4,7-12,18H,5-6,13-17H2,1-2H3,(H,25,28). The molecule has 29 heavy (non-hydrogen) atoms. The number of Topliss-reactive ketones (excluding diaryl/α,β-unsaturated/α-hetero) is 1. The van der Waals surface area contributed by atoms with Crippen molar-refractivity contribution >= 4 is 11.7 Å². The van der Waals surface area contributed by atoms with Crippen LogP contribution in [0.5, 0.6) is 5.75 Å². The smallest absolute Gasteiger partial charge is 0.258 e. The molecule has 0 aliphatic carbocycles. The van der Waals surface area contributed by atoms with Gasteiger partial charge >= 0.3 is 0 Å². The highest BCUT2D eigenvalue weighted by Crippen LogP contribution is 2.19. The number of hydrogen-bond donors (Lipinski definition) is 1. The van der Waals surface area contributed by atoms with E-state index in [-0.39, 0.29) is 18.3 Å². The van der Waals surface area contributed by atoms with Crippen LogP contribution in [0.1, 0.15) is 48.2 Å². The molecule has 0 saturated carbocycles. The molecule has 0 aromatic heterocycles. The van der Waals surface area contributed by atoms with Gasteiger partial charge in [0.25, 0.3) is 5.91 Å². The van der Waals surface area contributed by atoms with Crippen molar-refractivity contribution in [2.75, 3.05) is 19.7 Å². The van der Waals surface area contributed by atoms with Gasteiger partial charge in [-0.15, -0.1) is 0 Å². The number of rotatable bonds is 8. The normalized spacial score (nSPS) is 17.0. The molecule has 1 fully saturated rings. The Kier molecular flexibility index (Phi) is 7.42. The maximum absolute atomic E-state index is 12.2. The summed E-state index contributed by atoms with van der Waals surface area (Å²) >= 11 is 0. The number of nitrogens with zero attached hydrogens (tertiary/aromatic N) is 1. The van der Waals surface area contributed by atoms with Crippen LogP contribution in [-0.4, -0.2) is 36.3 Å². The first-order chi connectivity index (χ1) is 14.0. The molecule has 2 aromatic rings. The predicted octanol–water partition coefficient (Wildman–Crippen LogP) is 3.82. The van der Waals surface area contributed by atoms with E-state index in [1.807, 2.05) is 6.07 Å². The lowest BCUT2D eigenvalue weighted by Gasteiger charge is -2.31. The van der Waals surface area contributed by atoms with Crippen LogP contribution in [0.25, 0.3) is 0 Å². The minimum atomic E-state index is -0.165. The van der Waals surface area contributed by atoms with Crippen LogP contribution in [0.3, 0.4) is 0 Å². The van der Waals surface area contributed by atoms with Crippen LogP contribution in [-0.2, 0) is 17.9 Å². The number of benzene rings is 2. The largest absolute Gasteiger partial charge is 0.484 e. The summed E-state index contributed by atoms with van der Waals surface area (Å²) in [5.41, 5.74) is 3.04. The molecule has 5 nitrogen and oxygen atoms in total. The van der Waals surface area contributed by atoms with Crippen molar-refractivity contribution < 1.29 is 14.3 Å². The fourth-order valence-corrected chi connectivity index (χ4v) is 3.74. The van der Waals surface area contributed by atoms with Gasteiger partial charge in [-0.2, -0.15) is 0 Å². The second-order valence-electron chi connectivity index (χ2n) is 7.90. The molecule has 2 aromatic carbocycles. The van der Waals surface area contributed by atoms with Crippen LogP contribution in [0.2, 0.25) is 0 Å². The fourth-order valence-electron chi connectivity index (χ4n) is 3.74. The van der Waals surface area contributed by atoms with Crippen LogP contribution >= 0.6 is 0 Å². The molecule has 1 unspecified atom stereocenters. The molecule has 1 heterocycles. The molecule has 1 atom stereocenters. The maximum Gasteiger partial charge on any atom is 0.258 e. The van der Waals surface area contributed by atoms with E-state index < -0.39 is 0 Å². The molecule has 154 valence electrons. The topological polar surface area (TPSA) is 58.6 Å². The SMILES string of the molecule is CC(=O)c1ccc(OCC(=O)NCc2ccccc2CN2CCCC(C)C2)cc1. The molecule has 1 aliphatic heterocycles. The maximum atomic E-state index is 12.2. The number of hydrogen-bond acceptors (Lipinski definition) is 4. The van der Waals surface area contributed by atoms with E-state index in [1.54, 1.807) is 24.3 Å². The predicted molar refractivity (Wildman–Crippen MR) is 114 cm³/mol. The van der Waals surface area contributed by atoms with E-state index in [0.717, 1.165) is 31.1 Å². The number of ether oxygens (including phenoxy) is 1. The molecular formula is C24H30N2O3. The van der Waals surface area contributed by atoms with Gasteiger partial charge in [0.15, 0.2) is 12.4 Å². The third-order valence-corrected chi connectivity index (χ3v) is 5.36. The highest BCUT2D eigenvalue weighted by molar-refractivity contribution is 5.94. The fraction of sp³-hybridized carbons (Fsp3) is 0.417. The number of piperidine rings is 1. The number of nitrogens with one attached hydrogen (secondary N) is 1. The number of carbonyl (C=O) groups is 2. The Bertz CT molecular complexity index is 832. The summed E-state index contributed by atoms with van der Waals surface area (Å²) in [5.74, 6) is 1.16. The Balaban J connectivity index is 1.49. The Labute approximate surface area is 173 Å². The van der Waals surface area contributed by atoms with E-state index in [2.05, 4.69) is 35.3 Å². The van der Waals surface area contributed by atoms with Gasteiger partial charge < -0.3 is 10.1 Å². The lowest BCUT2D eigenvalue weighted by molar-refractivity contribution is -0.123. The quantitative estimate of drug-likeness (QED) is 0.692. The van der Waals surface area contributed by atoms with E-state index in [0.29, 0.717) is 17.9 Å². The molecule has 0 radical (unpaired) electrons. The third-order valence-electron chi connectivity index (χ3n) is 5.36. The van der Waals surface area contributed by atoms with Gasteiger partial charge in [0.05, 0.1) is 0 Å². The molecule has 0 spiro atoms. The second kappa shape index (κ2) is 10.2. The van der Waals surface area contributed by atoms with E-state index >= 15 is 0 Å². The van der Waals surface area contributed by atoms with Crippen molar-refractivity contribution in [2.24, 2.45) is 5.92 Å². The molecule has 1 saturated heterocycles. The van der Waals surface area contributed by atoms with E-state index in [4.69, 9.17) is 4.74 Å². The molecular weight excluding hydrogens is 364 g/mol. The highest BCUT2D eigenvalue weighted by atomic mass is 16.5. The Morgan fingerprint density at radius 3 is 2.52 bits per heavy atom. The summed E-state index contributed by atoms with van der Waals surface area (Å²) in [6, 6.07) is 15.1. The summed E-state index contributed by atoms with van der Waals surface area (Å²) < 4.78 is 5.52. The number of likely N-dealkylation sites (tertiary alicyclic amines) is 1. The summed E-state index contributed by atoms with van der Waals surface area (Å²) in [5, 5.41) is 2.95. The summed E-state index contributed by atoms with van der Waals surface area (Å²) in [4.78, 5) is 26.0. The van der Waals surface area contributed by atoms with Crippen LogP contribution < -0.4 is 10.1 Å². The molecule has 0 bridgehead atoms. The van der Waals surface area contributed by atoms with Crippen LogP contribution in [0.15, 0.2) is 48.5 Å². The Morgan fingerprint density at radius 1 is 1.10 bits per heavy atom. The van der Waals surface area contributed by atoms with Gasteiger partial charge in [-0.3, -0.25) is 14.5 Å². The van der Waals surface area contributed by atoms with Gasteiger partial charge in [-0.1, -0.05) is 31.2 Å². The summed E-state index contributed by atoms with van der Waals surface area (Å²) in [6.45, 7) is 7.48. The number of amides is 1. The van der Waals surface area contributed by atoms with Crippen LogP contribution in [0, 0.1) is 5.92 Å². The average Bonchev–Trinajstić information content (AvgIpc) is 2.72. The number of ketones is 1. The minimum absolute atomic E-state index is 0.00645. The van der Waals surface area contributed by atoms with E-state index in [1.165, 1.54) is 25.3 Å². The zero-order valence-electron chi connectivity index (χ0n) is 17.3. The molecule has 1 N–H and O–H groups in total. The van der Waals surface area contributed by atoms with Crippen molar-refractivity contribution in [2.45, 2.75) is 39.8 Å². The van der Waals surface area contributed by atoms with E-state index in [9.17, 15) is 9.59 Å². The molecule has 5 heteroatoms. The van der Waals surface area contributed by atoms with Gasteiger partial charge in [0, 0.05) is 25.2 Å². The zero-order chi connectivity index (χ0) is 20.6. The van der Waals surface area contributed by atoms with Crippen molar-refractivity contribution in [1.29, 1.82) is 0 Å². The first-order valence-electron chi connectivity index (χ1n) is 10.3. The Hall–Kier alpha value is -2.66. The van der Waals surface area contributed by atoms with Gasteiger partial charge in [0.2, 0.25) is 0 Å². The minimum Gasteiger partial charge on any atom is -0.484 e. The van der Waals surface area contributed by atoms with Crippen LogP contribution in [0.4, 0.5) is 0 Å². The first kappa shape index (κ1) is 21.1. The number of carbonyl (C=O) groups excluding carboxylic acids is 2. The van der Waals surface area contributed by atoms with Gasteiger partial charge in [-0.25, -0.2) is 0 Å². The zero-order valence-corrected chi connectivity index (χ0v) is 17.3. The molecule has 1 aliphatic rings. The second-order valence-corrected chi connectivity index (χ2v) is 7.90. The third kappa shape index (κ3) is 6.43. The van der Waals surface area contributed by atoms with Gasteiger partial charge in [0.1, 0.15) is 5.75 Å². The lowest BCUT2D eigenvalue weighted by Crippen LogP contribution is -2.34. The summed E-state index contributed by atoms with van der Waals surface area (Å²) in [7, 11) is 0. The average molecular weight is 395 g/mol. The lowest BCUT2D eigenvalue weighted by atomic mass is 9.99. The molecule has 3 rings (SSSR count). The van der Waals surface area contributed by atoms with Gasteiger partial charge in [-0.05, 0) is 67.6 Å².